The van der Waals surface area contributed by atoms with Crippen molar-refractivity contribution in [1.29, 1.82) is 5.26 Å². The normalized spacial score (nSPS) is 21.2. The number of carbonyl (C=O) groups is 2. The average molecular weight is 519 g/mol. The summed E-state index contributed by atoms with van der Waals surface area (Å²) < 4.78 is 1.76. The van der Waals surface area contributed by atoms with E-state index in [2.05, 4.69) is 10.3 Å². The van der Waals surface area contributed by atoms with Gasteiger partial charge in [0.2, 0.25) is 5.43 Å². The third-order valence-corrected chi connectivity index (χ3v) is 8.22. The quantitative estimate of drug-likeness (QED) is 0.382. The standard InChI is InChI=1S/C31H26N4O4/c1-30(2)26(31(30,17-32)29(38)39)19-10-8-18(9-11-19)20-5-3-6-22(15-20)35-16-24(28(37)34-21-12-13-21)25(36)23-7-4-14-33-27(23)35/h3-11,14-16,21,26H,12-13H2,1-2H3,(H,34,37)(H,38,39)/t26?,31-/m0/s1. The highest BCUT2D eigenvalue weighted by atomic mass is 16.4. The first-order valence-electron chi connectivity index (χ1n) is 12.9. The predicted molar refractivity (Wildman–Crippen MR) is 145 cm³/mol. The Balaban J connectivity index is 1.38. The van der Waals surface area contributed by atoms with E-state index in [4.69, 9.17) is 0 Å². The number of carbonyl (C=O) groups excluding carboxylic acids is 1. The molecule has 2 fully saturated rings. The summed E-state index contributed by atoms with van der Waals surface area (Å²) in [5.74, 6) is -1.87. The Morgan fingerprint density at radius 2 is 1.82 bits per heavy atom. The van der Waals surface area contributed by atoms with Gasteiger partial charge in [0.05, 0.1) is 11.5 Å². The van der Waals surface area contributed by atoms with Crippen molar-refractivity contribution < 1.29 is 14.7 Å². The molecule has 2 atom stereocenters. The number of nitriles is 1. The molecule has 6 rings (SSSR count). The van der Waals surface area contributed by atoms with Crippen molar-refractivity contribution in [1.82, 2.24) is 14.9 Å². The average Bonchev–Trinajstić information content (AvgIpc) is 3.84. The maximum atomic E-state index is 13.1. The zero-order valence-corrected chi connectivity index (χ0v) is 21.5. The summed E-state index contributed by atoms with van der Waals surface area (Å²) >= 11 is 0. The van der Waals surface area contributed by atoms with Crippen LogP contribution in [0.1, 0.15) is 48.5 Å². The lowest BCUT2D eigenvalue weighted by molar-refractivity contribution is -0.142. The first-order chi connectivity index (χ1) is 18.7. The number of aromatic nitrogens is 2. The molecule has 39 heavy (non-hydrogen) atoms. The van der Waals surface area contributed by atoms with E-state index in [1.54, 1.807) is 29.1 Å². The van der Waals surface area contributed by atoms with Gasteiger partial charge in [0, 0.05) is 35.5 Å². The Morgan fingerprint density at radius 1 is 1.08 bits per heavy atom. The van der Waals surface area contributed by atoms with Gasteiger partial charge in [0.15, 0.2) is 5.41 Å². The molecule has 1 amide bonds. The number of nitrogens with one attached hydrogen (secondary N) is 1. The molecule has 0 aliphatic heterocycles. The fourth-order valence-corrected chi connectivity index (χ4v) is 5.80. The number of fused-ring (bicyclic) bond motifs is 1. The lowest BCUT2D eigenvalue weighted by atomic mass is 9.97. The summed E-state index contributed by atoms with van der Waals surface area (Å²) in [6.07, 6.45) is 5.01. The van der Waals surface area contributed by atoms with Crippen molar-refractivity contribution in [2.24, 2.45) is 10.8 Å². The van der Waals surface area contributed by atoms with E-state index in [1.807, 2.05) is 68.4 Å². The van der Waals surface area contributed by atoms with Gasteiger partial charge in [-0.05, 0) is 53.8 Å². The molecule has 1 unspecified atom stereocenters. The number of hydrogen-bond acceptors (Lipinski definition) is 5. The van der Waals surface area contributed by atoms with Crippen LogP contribution in [-0.4, -0.2) is 32.6 Å². The second-order valence-electron chi connectivity index (χ2n) is 10.9. The third-order valence-electron chi connectivity index (χ3n) is 8.22. The first-order valence-corrected chi connectivity index (χ1v) is 12.9. The number of nitrogens with zero attached hydrogens (tertiary/aromatic N) is 3. The Hall–Kier alpha value is -4.77. The Kier molecular flexibility index (Phi) is 5.44. The van der Waals surface area contributed by atoms with Crippen LogP contribution in [-0.2, 0) is 4.79 Å². The number of carboxylic acid groups (broad SMARTS) is 1. The molecule has 8 heteroatoms. The van der Waals surface area contributed by atoms with Crippen LogP contribution in [0.15, 0.2) is 77.9 Å². The molecular weight excluding hydrogens is 492 g/mol. The summed E-state index contributed by atoms with van der Waals surface area (Å²) in [5, 5.41) is 22.7. The maximum Gasteiger partial charge on any atom is 0.325 e. The zero-order chi connectivity index (χ0) is 27.5. The van der Waals surface area contributed by atoms with Crippen LogP contribution in [0.5, 0.6) is 0 Å². The number of benzene rings is 2. The van der Waals surface area contributed by atoms with Crippen molar-refractivity contribution in [3.05, 3.63) is 94.4 Å². The lowest BCUT2D eigenvalue weighted by Gasteiger charge is -2.14. The highest BCUT2D eigenvalue weighted by Gasteiger charge is 2.77. The molecule has 4 aromatic rings. The SMILES string of the molecule is CC1(C)C(c2ccc(-c3cccc(-n4cc(C(=O)NC5CC5)c(=O)c5cccnc54)c3)cc2)[C@@]1(C#N)C(=O)O. The van der Waals surface area contributed by atoms with Crippen LogP contribution in [0.4, 0.5) is 0 Å². The van der Waals surface area contributed by atoms with Crippen LogP contribution in [0.25, 0.3) is 27.8 Å². The highest BCUT2D eigenvalue weighted by Crippen LogP contribution is 2.73. The second-order valence-corrected chi connectivity index (χ2v) is 10.9. The molecule has 0 bridgehead atoms. The maximum absolute atomic E-state index is 13.1. The topological polar surface area (TPSA) is 125 Å². The molecular formula is C31H26N4O4. The number of hydrogen-bond donors (Lipinski definition) is 2. The first kappa shape index (κ1) is 24.6. The Labute approximate surface area is 224 Å². The van der Waals surface area contributed by atoms with Crippen LogP contribution in [0.3, 0.4) is 0 Å². The molecule has 2 N–H and O–H groups in total. The lowest BCUT2D eigenvalue weighted by Crippen LogP contribution is -2.31. The van der Waals surface area contributed by atoms with E-state index >= 15 is 0 Å². The molecule has 2 aromatic heterocycles. The van der Waals surface area contributed by atoms with E-state index in [1.165, 1.54) is 0 Å². The summed E-state index contributed by atoms with van der Waals surface area (Å²) in [6.45, 7) is 3.63. The summed E-state index contributed by atoms with van der Waals surface area (Å²) in [6, 6.07) is 20.8. The van der Waals surface area contributed by atoms with Gasteiger partial charge >= 0.3 is 5.97 Å². The molecule has 194 valence electrons. The molecule has 8 nitrogen and oxygen atoms in total. The van der Waals surface area contributed by atoms with E-state index in [0.717, 1.165) is 35.2 Å². The van der Waals surface area contributed by atoms with Crippen molar-refractivity contribution in [2.45, 2.75) is 38.6 Å². The largest absolute Gasteiger partial charge is 0.480 e. The van der Waals surface area contributed by atoms with Crippen molar-refractivity contribution >= 4 is 22.9 Å². The Bertz CT molecular complexity index is 1760. The van der Waals surface area contributed by atoms with Crippen molar-refractivity contribution in [3.8, 4) is 22.9 Å². The summed E-state index contributed by atoms with van der Waals surface area (Å²) in [7, 11) is 0. The number of pyridine rings is 2. The van der Waals surface area contributed by atoms with Gasteiger partial charge in [-0.1, -0.05) is 50.2 Å². The van der Waals surface area contributed by atoms with E-state index in [0.29, 0.717) is 11.0 Å². The van der Waals surface area contributed by atoms with E-state index < -0.39 is 22.7 Å². The van der Waals surface area contributed by atoms with Gasteiger partial charge in [-0.25, -0.2) is 4.98 Å². The van der Waals surface area contributed by atoms with Gasteiger partial charge in [0.1, 0.15) is 11.2 Å². The second kappa shape index (κ2) is 8.63. The molecule has 0 radical (unpaired) electrons. The van der Waals surface area contributed by atoms with Gasteiger partial charge in [-0.2, -0.15) is 5.26 Å². The molecule has 0 saturated heterocycles. The number of aliphatic carboxylic acids is 1. The molecule has 2 aromatic carbocycles. The zero-order valence-electron chi connectivity index (χ0n) is 21.5. The fraction of sp³-hybridized carbons (Fsp3) is 0.258. The molecule has 2 aliphatic rings. The van der Waals surface area contributed by atoms with Crippen molar-refractivity contribution in [3.63, 3.8) is 0 Å². The monoisotopic (exact) mass is 518 g/mol. The Morgan fingerprint density at radius 3 is 2.46 bits per heavy atom. The minimum absolute atomic E-state index is 0.0728. The molecule has 0 spiro atoms. The van der Waals surface area contributed by atoms with Crippen LogP contribution in [0.2, 0.25) is 0 Å². The van der Waals surface area contributed by atoms with Crippen LogP contribution >= 0.6 is 0 Å². The smallest absolute Gasteiger partial charge is 0.325 e. The summed E-state index contributed by atoms with van der Waals surface area (Å²) in [4.78, 5) is 42.4. The van der Waals surface area contributed by atoms with Crippen LogP contribution < -0.4 is 10.7 Å². The van der Waals surface area contributed by atoms with E-state index in [9.17, 15) is 24.8 Å². The van der Waals surface area contributed by atoms with E-state index in [-0.39, 0.29) is 22.9 Å². The molecule has 2 saturated carbocycles. The molecule has 2 aliphatic carbocycles. The highest BCUT2D eigenvalue weighted by molar-refractivity contribution is 5.97. The van der Waals surface area contributed by atoms with Gasteiger partial charge in [-0.3, -0.25) is 14.4 Å². The minimum Gasteiger partial charge on any atom is -0.480 e. The number of carboxylic acids is 1. The number of rotatable bonds is 6. The molecule has 2 heterocycles. The van der Waals surface area contributed by atoms with Gasteiger partial charge in [0.25, 0.3) is 5.91 Å². The van der Waals surface area contributed by atoms with Gasteiger partial charge in [-0.15, -0.1) is 0 Å². The van der Waals surface area contributed by atoms with Crippen LogP contribution in [0, 0.1) is 22.2 Å². The summed E-state index contributed by atoms with van der Waals surface area (Å²) in [5.41, 5.74) is 1.42. The number of amides is 1. The predicted octanol–water partition coefficient (Wildman–Crippen LogP) is 4.66. The minimum atomic E-state index is -1.43. The van der Waals surface area contributed by atoms with Crippen molar-refractivity contribution in [2.75, 3.05) is 0 Å². The fourth-order valence-electron chi connectivity index (χ4n) is 5.80. The third kappa shape index (κ3) is 3.73. The van der Waals surface area contributed by atoms with Gasteiger partial charge < -0.3 is 15.0 Å².